The summed E-state index contributed by atoms with van der Waals surface area (Å²) >= 11 is 1.19. The molecule has 0 aliphatic heterocycles. The number of thiophene rings is 1. The van der Waals surface area contributed by atoms with Crippen LogP contribution in [-0.4, -0.2) is 14.5 Å². The molecule has 0 aliphatic rings. The summed E-state index contributed by atoms with van der Waals surface area (Å²) in [6.45, 7) is 3.33. The first-order valence-corrected chi connectivity index (χ1v) is 6.24. The van der Waals surface area contributed by atoms with Crippen LogP contribution in [0.25, 0.3) is 0 Å². The lowest BCUT2D eigenvalue weighted by Crippen LogP contribution is -2.30. The van der Waals surface area contributed by atoms with E-state index in [0.29, 0.717) is 0 Å². The summed E-state index contributed by atoms with van der Waals surface area (Å²) in [6, 6.07) is 4.37. The van der Waals surface area contributed by atoms with Crippen LogP contribution in [0.5, 0.6) is 0 Å². The maximum atomic E-state index is 11.6. The van der Waals surface area contributed by atoms with E-state index in [1.807, 2.05) is 13.0 Å². The predicted octanol–water partition coefficient (Wildman–Crippen LogP) is 1.25. The number of aryl methyl sites for hydroxylation is 1. The van der Waals surface area contributed by atoms with Gasteiger partial charge in [0.25, 0.3) is 10.0 Å². The molecule has 14 heavy (non-hydrogen) atoms. The molecule has 0 bridgehead atoms. The molecule has 0 aromatic carbocycles. The fraction of sp³-hybridized carbons (Fsp3) is 0.375. The van der Waals surface area contributed by atoms with Crippen LogP contribution in [0.4, 0.5) is 0 Å². The molecule has 1 rings (SSSR count). The second kappa shape index (κ2) is 4.09. The molecular formula is C8H10N2O2S2. The van der Waals surface area contributed by atoms with E-state index >= 15 is 0 Å². The van der Waals surface area contributed by atoms with Gasteiger partial charge in [0, 0.05) is 4.88 Å². The lowest BCUT2D eigenvalue weighted by atomic mass is 10.4. The van der Waals surface area contributed by atoms with Crippen molar-refractivity contribution < 1.29 is 8.42 Å². The Kier molecular flexibility index (Phi) is 3.26. The number of sulfonamides is 1. The highest BCUT2D eigenvalue weighted by atomic mass is 32.2. The lowest BCUT2D eigenvalue weighted by Gasteiger charge is -2.04. The largest absolute Gasteiger partial charge is 0.251 e. The van der Waals surface area contributed by atoms with E-state index in [4.69, 9.17) is 5.26 Å². The van der Waals surface area contributed by atoms with Gasteiger partial charge in [-0.3, -0.25) is 0 Å². The van der Waals surface area contributed by atoms with Crippen molar-refractivity contribution in [2.75, 3.05) is 0 Å². The Morgan fingerprint density at radius 3 is 2.64 bits per heavy atom. The molecule has 0 saturated heterocycles. The minimum absolute atomic E-state index is 0.247. The molecule has 0 radical (unpaired) electrons. The summed E-state index contributed by atoms with van der Waals surface area (Å²) in [6.07, 6.45) is 0. The smallest absolute Gasteiger partial charge is 0.206 e. The fourth-order valence-electron chi connectivity index (χ4n) is 0.874. The molecule has 4 nitrogen and oxygen atoms in total. The third-order valence-electron chi connectivity index (χ3n) is 1.51. The molecule has 1 aromatic rings. The number of hydrogen-bond donors (Lipinski definition) is 1. The first-order chi connectivity index (χ1) is 6.45. The zero-order chi connectivity index (χ0) is 10.8. The molecule has 76 valence electrons. The average molecular weight is 230 g/mol. The molecule has 1 aromatic heterocycles. The molecule has 0 amide bonds. The van der Waals surface area contributed by atoms with Gasteiger partial charge < -0.3 is 0 Å². The topological polar surface area (TPSA) is 70.0 Å². The van der Waals surface area contributed by atoms with Crippen molar-refractivity contribution in [3.05, 3.63) is 17.0 Å². The van der Waals surface area contributed by atoms with Crippen LogP contribution in [0.3, 0.4) is 0 Å². The Labute approximate surface area is 87.2 Å². The van der Waals surface area contributed by atoms with Crippen molar-refractivity contribution >= 4 is 21.4 Å². The molecule has 0 saturated carbocycles. The standard InChI is InChI=1S/C8H10N2O2S2/c1-6(5-9)10-14(11,12)8-4-3-7(2)13-8/h3-4,6,10H,1-2H3. The van der Waals surface area contributed by atoms with Gasteiger partial charge >= 0.3 is 0 Å². The van der Waals surface area contributed by atoms with E-state index in [9.17, 15) is 8.42 Å². The number of nitrogens with one attached hydrogen (secondary N) is 1. The second-order valence-corrected chi connectivity index (χ2v) is 6.07. The van der Waals surface area contributed by atoms with Crippen molar-refractivity contribution in [3.63, 3.8) is 0 Å². The van der Waals surface area contributed by atoms with E-state index in [0.717, 1.165) is 4.88 Å². The minimum atomic E-state index is -3.50. The third kappa shape index (κ3) is 2.54. The van der Waals surface area contributed by atoms with Gasteiger partial charge in [-0.25, -0.2) is 8.42 Å². The van der Waals surface area contributed by atoms with E-state index in [1.165, 1.54) is 24.3 Å². The molecule has 1 atom stereocenters. The Hall–Kier alpha value is -0.900. The van der Waals surface area contributed by atoms with Crippen LogP contribution in [0, 0.1) is 18.3 Å². The Bertz CT molecular complexity index is 456. The first kappa shape index (κ1) is 11.2. The van der Waals surface area contributed by atoms with Crippen molar-refractivity contribution in [1.29, 1.82) is 5.26 Å². The summed E-state index contributed by atoms with van der Waals surface area (Å²) in [5, 5.41) is 8.48. The van der Waals surface area contributed by atoms with Gasteiger partial charge in [0.1, 0.15) is 10.3 Å². The van der Waals surface area contributed by atoms with Gasteiger partial charge in [-0.1, -0.05) is 0 Å². The van der Waals surface area contributed by atoms with Crippen LogP contribution < -0.4 is 4.72 Å². The minimum Gasteiger partial charge on any atom is -0.206 e. The monoisotopic (exact) mass is 230 g/mol. The normalized spacial score (nSPS) is 13.5. The Balaban J connectivity index is 2.93. The summed E-state index contributed by atoms with van der Waals surface area (Å²) in [5.74, 6) is 0. The SMILES string of the molecule is Cc1ccc(S(=O)(=O)NC(C)C#N)s1. The molecule has 1 heterocycles. The maximum Gasteiger partial charge on any atom is 0.251 e. The van der Waals surface area contributed by atoms with E-state index in [1.54, 1.807) is 6.07 Å². The van der Waals surface area contributed by atoms with E-state index in [2.05, 4.69) is 4.72 Å². The van der Waals surface area contributed by atoms with Gasteiger partial charge in [-0.05, 0) is 26.0 Å². The van der Waals surface area contributed by atoms with Gasteiger partial charge in [0.15, 0.2) is 0 Å². The number of hydrogen-bond acceptors (Lipinski definition) is 4. The van der Waals surface area contributed by atoms with Crippen LogP contribution in [0.2, 0.25) is 0 Å². The molecule has 0 fully saturated rings. The Morgan fingerprint density at radius 2 is 2.21 bits per heavy atom. The highest BCUT2D eigenvalue weighted by molar-refractivity contribution is 7.91. The third-order valence-corrected chi connectivity index (χ3v) is 4.54. The van der Waals surface area contributed by atoms with Gasteiger partial charge in [0.05, 0.1) is 6.07 Å². The number of nitrogens with zero attached hydrogens (tertiary/aromatic N) is 1. The summed E-state index contributed by atoms with van der Waals surface area (Å²) in [7, 11) is -3.50. The maximum absolute atomic E-state index is 11.6. The average Bonchev–Trinajstić information content (AvgIpc) is 2.51. The second-order valence-electron chi connectivity index (χ2n) is 2.84. The van der Waals surface area contributed by atoms with E-state index in [-0.39, 0.29) is 4.21 Å². The van der Waals surface area contributed by atoms with Crippen LogP contribution >= 0.6 is 11.3 Å². The van der Waals surface area contributed by atoms with Gasteiger partial charge in [0.2, 0.25) is 0 Å². The highest BCUT2D eigenvalue weighted by Crippen LogP contribution is 2.20. The summed E-state index contributed by atoms with van der Waals surface area (Å²) < 4.78 is 25.6. The fourth-order valence-corrected chi connectivity index (χ4v) is 3.32. The van der Waals surface area contributed by atoms with Crippen molar-refractivity contribution in [1.82, 2.24) is 4.72 Å². The van der Waals surface area contributed by atoms with Crippen LogP contribution in [0.1, 0.15) is 11.8 Å². The number of nitriles is 1. The zero-order valence-corrected chi connectivity index (χ0v) is 9.45. The molecule has 0 aliphatic carbocycles. The summed E-state index contributed by atoms with van der Waals surface area (Å²) in [4.78, 5) is 0.926. The molecule has 0 spiro atoms. The Morgan fingerprint density at radius 1 is 1.57 bits per heavy atom. The molecule has 6 heteroatoms. The van der Waals surface area contributed by atoms with Crippen molar-refractivity contribution in [2.24, 2.45) is 0 Å². The molecular weight excluding hydrogens is 220 g/mol. The first-order valence-electron chi connectivity index (χ1n) is 3.94. The van der Waals surface area contributed by atoms with Crippen LogP contribution in [0.15, 0.2) is 16.3 Å². The lowest BCUT2D eigenvalue weighted by molar-refractivity contribution is 0.579. The van der Waals surface area contributed by atoms with Crippen molar-refractivity contribution in [2.45, 2.75) is 24.1 Å². The predicted molar refractivity (Wildman–Crippen MR) is 54.5 cm³/mol. The highest BCUT2D eigenvalue weighted by Gasteiger charge is 2.18. The quantitative estimate of drug-likeness (QED) is 0.849. The zero-order valence-electron chi connectivity index (χ0n) is 7.81. The van der Waals surface area contributed by atoms with Gasteiger partial charge in [-0.2, -0.15) is 9.98 Å². The van der Waals surface area contributed by atoms with Crippen molar-refractivity contribution in [3.8, 4) is 6.07 Å². The summed E-state index contributed by atoms with van der Waals surface area (Å²) in [5.41, 5.74) is 0. The molecule has 1 unspecified atom stereocenters. The van der Waals surface area contributed by atoms with E-state index < -0.39 is 16.1 Å². The number of rotatable bonds is 3. The van der Waals surface area contributed by atoms with Gasteiger partial charge in [-0.15, -0.1) is 11.3 Å². The van der Waals surface area contributed by atoms with Crippen LogP contribution in [-0.2, 0) is 10.0 Å². The molecule has 1 N–H and O–H groups in total.